The first-order valence-corrected chi connectivity index (χ1v) is 7.64. The van der Waals surface area contributed by atoms with Gasteiger partial charge in [0.25, 0.3) is 0 Å². The van der Waals surface area contributed by atoms with Crippen molar-refractivity contribution in [1.29, 1.82) is 0 Å². The van der Waals surface area contributed by atoms with Crippen LogP contribution in [0.4, 0.5) is 11.6 Å². The molecule has 2 atom stereocenters. The van der Waals surface area contributed by atoms with Crippen LogP contribution in [0.5, 0.6) is 5.75 Å². The van der Waals surface area contributed by atoms with E-state index in [1.807, 2.05) is 0 Å². The third-order valence-electron chi connectivity index (χ3n) is 3.83. The van der Waals surface area contributed by atoms with Gasteiger partial charge >= 0.3 is 0 Å². The molecular formula is C15H26N4O. The fraction of sp³-hybridized carbons (Fsp3) is 0.733. The van der Waals surface area contributed by atoms with Gasteiger partial charge in [0, 0.05) is 12.6 Å². The molecule has 1 fully saturated rings. The number of anilines is 2. The molecule has 1 aliphatic rings. The summed E-state index contributed by atoms with van der Waals surface area (Å²) in [7, 11) is 1.67. The summed E-state index contributed by atoms with van der Waals surface area (Å²) in [5.41, 5.74) is 0. The van der Waals surface area contributed by atoms with Gasteiger partial charge in [-0.05, 0) is 25.2 Å². The number of hydrogen-bond donors (Lipinski definition) is 2. The number of hydrogen-bond acceptors (Lipinski definition) is 5. The zero-order valence-corrected chi connectivity index (χ0v) is 12.8. The third kappa shape index (κ3) is 3.74. The number of nitrogens with zero attached hydrogens (tertiary/aromatic N) is 2. The smallest absolute Gasteiger partial charge is 0.204 e. The molecule has 5 nitrogen and oxygen atoms in total. The van der Waals surface area contributed by atoms with Gasteiger partial charge in [-0.2, -0.15) is 0 Å². The second kappa shape index (κ2) is 7.31. The molecular weight excluding hydrogens is 252 g/mol. The normalized spacial score (nSPS) is 22.4. The Kier molecular flexibility index (Phi) is 5.44. The van der Waals surface area contributed by atoms with Crippen LogP contribution in [-0.2, 0) is 0 Å². The quantitative estimate of drug-likeness (QED) is 0.836. The van der Waals surface area contributed by atoms with Crippen molar-refractivity contribution < 1.29 is 4.74 Å². The number of methoxy groups -OCH3 is 1. The Labute approximate surface area is 121 Å². The summed E-state index contributed by atoms with van der Waals surface area (Å²) in [6.45, 7) is 5.33. The molecule has 1 aromatic heterocycles. The molecule has 0 radical (unpaired) electrons. The van der Waals surface area contributed by atoms with E-state index < -0.39 is 0 Å². The number of ether oxygens (including phenoxy) is 1. The first-order chi connectivity index (χ1) is 9.74. The summed E-state index contributed by atoms with van der Waals surface area (Å²) in [6, 6.07) is 0.488. The molecule has 2 N–H and O–H groups in total. The molecule has 2 rings (SSSR count). The summed E-state index contributed by atoms with van der Waals surface area (Å²) >= 11 is 0. The first kappa shape index (κ1) is 14.9. The zero-order chi connectivity index (χ0) is 14.4. The molecule has 1 saturated carbocycles. The number of nitrogens with one attached hydrogen (secondary N) is 2. The average Bonchev–Trinajstić information content (AvgIpc) is 2.45. The molecule has 1 aromatic rings. The lowest BCUT2D eigenvalue weighted by atomic mass is 9.87. The first-order valence-electron chi connectivity index (χ1n) is 7.64. The Hall–Kier alpha value is -1.52. The Morgan fingerprint density at radius 1 is 1.30 bits per heavy atom. The molecule has 0 saturated heterocycles. The van der Waals surface area contributed by atoms with E-state index in [2.05, 4.69) is 34.4 Å². The number of rotatable bonds is 6. The van der Waals surface area contributed by atoms with Crippen molar-refractivity contribution in [1.82, 2.24) is 9.97 Å². The van der Waals surface area contributed by atoms with Crippen LogP contribution in [0.25, 0.3) is 0 Å². The van der Waals surface area contributed by atoms with Crippen LogP contribution in [0, 0.1) is 5.92 Å². The molecule has 0 aromatic carbocycles. The van der Waals surface area contributed by atoms with E-state index in [-0.39, 0.29) is 0 Å². The highest BCUT2D eigenvalue weighted by molar-refractivity contribution is 5.63. The predicted octanol–water partition coefficient (Wildman–Crippen LogP) is 3.30. The summed E-state index contributed by atoms with van der Waals surface area (Å²) in [6.07, 6.45) is 7.67. The SMILES string of the molecule is CCCNc1ncnc(NC2CCCC(C)C2)c1OC. The van der Waals surface area contributed by atoms with Crippen molar-refractivity contribution in [3.8, 4) is 5.75 Å². The van der Waals surface area contributed by atoms with Crippen LogP contribution < -0.4 is 15.4 Å². The van der Waals surface area contributed by atoms with Gasteiger partial charge in [0.2, 0.25) is 5.75 Å². The average molecular weight is 278 g/mol. The monoisotopic (exact) mass is 278 g/mol. The lowest BCUT2D eigenvalue weighted by molar-refractivity contribution is 0.356. The van der Waals surface area contributed by atoms with Gasteiger partial charge in [-0.25, -0.2) is 9.97 Å². The van der Waals surface area contributed by atoms with E-state index in [0.717, 1.165) is 36.3 Å². The van der Waals surface area contributed by atoms with Crippen LogP contribution in [-0.4, -0.2) is 29.7 Å². The Balaban J connectivity index is 2.09. The van der Waals surface area contributed by atoms with E-state index in [1.165, 1.54) is 25.7 Å². The molecule has 1 heterocycles. The van der Waals surface area contributed by atoms with Gasteiger partial charge in [0.15, 0.2) is 11.6 Å². The van der Waals surface area contributed by atoms with Gasteiger partial charge < -0.3 is 15.4 Å². The molecule has 5 heteroatoms. The molecule has 0 amide bonds. The maximum Gasteiger partial charge on any atom is 0.204 e. The summed E-state index contributed by atoms with van der Waals surface area (Å²) in [5.74, 6) is 3.09. The van der Waals surface area contributed by atoms with Crippen LogP contribution >= 0.6 is 0 Å². The Bertz CT molecular complexity index is 424. The highest BCUT2D eigenvalue weighted by Gasteiger charge is 2.21. The minimum absolute atomic E-state index is 0.488. The van der Waals surface area contributed by atoms with E-state index in [1.54, 1.807) is 13.4 Å². The van der Waals surface area contributed by atoms with E-state index >= 15 is 0 Å². The lowest BCUT2D eigenvalue weighted by Crippen LogP contribution is -2.27. The van der Waals surface area contributed by atoms with Gasteiger partial charge in [-0.15, -0.1) is 0 Å². The standard InChI is InChI=1S/C15H26N4O/c1-4-8-16-14-13(20-3)15(18-10-17-14)19-12-7-5-6-11(2)9-12/h10-12H,4-9H2,1-3H3,(H2,16,17,18,19). The van der Waals surface area contributed by atoms with E-state index in [0.29, 0.717) is 6.04 Å². The second-order valence-corrected chi connectivity index (χ2v) is 5.64. The van der Waals surface area contributed by atoms with Crippen LogP contribution in [0.1, 0.15) is 46.0 Å². The molecule has 0 aliphatic heterocycles. The number of aromatic nitrogens is 2. The largest absolute Gasteiger partial charge is 0.490 e. The van der Waals surface area contributed by atoms with Gasteiger partial charge in [-0.1, -0.05) is 26.7 Å². The van der Waals surface area contributed by atoms with Crippen molar-refractivity contribution in [3.05, 3.63) is 6.33 Å². The fourth-order valence-electron chi connectivity index (χ4n) is 2.80. The predicted molar refractivity (Wildman–Crippen MR) is 82.4 cm³/mol. The summed E-state index contributed by atoms with van der Waals surface area (Å²) in [4.78, 5) is 8.62. The summed E-state index contributed by atoms with van der Waals surface area (Å²) < 4.78 is 5.49. The van der Waals surface area contributed by atoms with Crippen molar-refractivity contribution in [2.75, 3.05) is 24.3 Å². The van der Waals surface area contributed by atoms with E-state index in [4.69, 9.17) is 4.74 Å². The molecule has 2 unspecified atom stereocenters. The topological polar surface area (TPSA) is 59.1 Å². The van der Waals surface area contributed by atoms with Gasteiger partial charge in [-0.3, -0.25) is 0 Å². The van der Waals surface area contributed by atoms with E-state index in [9.17, 15) is 0 Å². The minimum Gasteiger partial charge on any atom is -0.490 e. The molecule has 0 bridgehead atoms. The maximum absolute atomic E-state index is 5.49. The van der Waals surface area contributed by atoms with Crippen molar-refractivity contribution in [2.45, 2.75) is 52.0 Å². The highest BCUT2D eigenvalue weighted by atomic mass is 16.5. The van der Waals surface area contributed by atoms with Gasteiger partial charge in [0.05, 0.1) is 7.11 Å². The Morgan fingerprint density at radius 3 is 2.80 bits per heavy atom. The van der Waals surface area contributed by atoms with Crippen molar-refractivity contribution in [2.24, 2.45) is 5.92 Å². The summed E-state index contributed by atoms with van der Waals surface area (Å²) in [5, 5.41) is 6.82. The van der Waals surface area contributed by atoms with Crippen molar-refractivity contribution >= 4 is 11.6 Å². The second-order valence-electron chi connectivity index (χ2n) is 5.64. The Morgan fingerprint density at radius 2 is 2.10 bits per heavy atom. The molecule has 112 valence electrons. The molecule has 1 aliphatic carbocycles. The fourth-order valence-corrected chi connectivity index (χ4v) is 2.80. The maximum atomic E-state index is 5.49. The molecule has 20 heavy (non-hydrogen) atoms. The lowest BCUT2D eigenvalue weighted by Gasteiger charge is -2.28. The highest BCUT2D eigenvalue weighted by Crippen LogP contribution is 2.32. The van der Waals surface area contributed by atoms with Crippen molar-refractivity contribution in [3.63, 3.8) is 0 Å². The molecule has 0 spiro atoms. The zero-order valence-electron chi connectivity index (χ0n) is 12.8. The van der Waals surface area contributed by atoms with Crippen LogP contribution in [0.3, 0.4) is 0 Å². The van der Waals surface area contributed by atoms with Gasteiger partial charge in [0.1, 0.15) is 6.33 Å². The minimum atomic E-state index is 0.488. The third-order valence-corrected chi connectivity index (χ3v) is 3.83. The van der Waals surface area contributed by atoms with Crippen LogP contribution in [0.2, 0.25) is 0 Å². The van der Waals surface area contributed by atoms with Crippen LogP contribution in [0.15, 0.2) is 6.33 Å².